The molecule has 1 atom stereocenters. The van der Waals surface area contributed by atoms with Gasteiger partial charge in [-0.15, -0.1) is 4.91 Å². The predicted molar refractivity (Wildman–Crippen MR) is 82.7 cm³/mol. The molecule has 1 unspecified atom stereocenters. The third-order valence-corrected chi connectivity index (χ3v) is 3.93. The molecule has 0 heterocycles. The Kier molecular flexibility index (Phi) is 5.40. The Bertz CT molecular complexity index is 628. The number of carbonyl (C=O) groups is 2. The Morgan fingerprint density at radius 3 is 2.10 bits per heavy atom. The molecule has 0 aliphatic rings. The van der Waals surface area contributed by atoms with Crippen LogP contribution in [0.1, 0.15) is 17.0 Å². The van der Waals surface area contributed by atoms with Crippen molar-refractivity contribution < 1.29 is 9.59 Å². The molecule has 4 nitrogen and oxygen atoms in total. The van der Waals surface area contributed by atoms with E-state index in [2.05, 4.69) is 5.18 Å². The van der Waals surface area contributed by atoms with E-state index in [1.165, 1.54) is 0 Å². The Morgan fingerprint density at radius 1 is 0.952 bits per heavy atom. The van der Waals surface area contributed by atoms with E-state index in [9.17, 15) is 14.5 Å². The average molecular weight is 299 g/mol. The quantitative estimate of drug-likeness (QED) is 0.626. The molecule has 0 N–H and O–H groups in total. The number of nitrogens with zero attached hydrogens (tertiary/aromatic N) is 1. The molecule has 2 aromatic rings. The van der Waals surface area contributed by atoms with E-state index in [-0.39, 0.29) is 5.12 Å². The lowest BCUT2D eigenvalue weighted by molar-refractivity contribution is -0.124. The van der Waals surface area contributed by atoms with Gasteiger partial charge in [-0.05, 0) is 11.1 Å². The fraction of sp³-hybridized carbons (Fsp3) is 0.125. The number of hydrogen-bond donors (Lipinski definition) is 0. The maximum atomic E-state index is 12.3. The summed E-state index contributed by atoms with van der Waals surface area (Å²) in [6.45, 7) is 0. The molecule has 2 aromatic carbocycles. The first kappa shape index (κ1) is 15.1. The second-order valence-electron chi connectivity index (χ2n) is 4.37. The number of benzene rings is 2. The van der Waals surface area contributed by atoms with Crippen LogP contribution in [0, 0.1) is 4.91 Å². The summed E-state index contributed by atoms with van der Waals surface area (Å²) in [7, 11) is 0. The zero-order valence-electron chi connectivity index (χ0n) is 11.1. The summed E-state index contributed by atoms with van der Waals surface area (Å²) in [6, 6.07) is 18.0. The van der Waals surface area contributed by atoms with Crippen LogP contribution in [-0.4, -0.2) is 11.0 Å². The Labute approximate surface area is 126 Å². The van der Waals surface area contributed by atoms with Crippen molar-refractivity contribution in [2.75, 3.05) is 0 Å². The maximum Gasteiger partial charge on any atom is 0.302 e. The van der Waals surface area contributed by atoms with E-state index in [1.807, 2.05) is 30.3 Å². The van der Waals surface area contributed by atoms with Crippen LogP contribution in [0.5, 0.6) is 0 Å². The topological polar surface area (TPSA) is 63.6 Å². The van der Waals surface area contributed by atoms with Crippen molar-refractivity contribution in [1.29, 1.82) is 0 Å². The van der Waals surface area contributed by atoms with Gasteiger partial charge in [0, 0.05) is 10.9 Å². The highest BCUT2D eigenvalue weighted by molar-refractivity contribution is 8.13. The van der Waals surface area contributed by atoms with Gasteiger partial charge in [-0.2, -0.15) is 0 Å². The summed E-state index contributed by atoms with van der Waals surface area (Å²) >= 11 is 1.02. The van der Waals surface area contributed by atoms with Crippen molar-refractivity contribution in [3.63, 3.8) is 0 Å². The predicted octanol–water partition coefficient (Wildman–Crippen LogP) is 3.52. The third kappa shape index (κ3) is 4.10. The summed E-state index contributed by atoms with van der Waals surface area (Å²) in [6.07, 6.45) is 0. The molecule has 0 saturated carbocycles. The van der Waals surface area contributed by atoms with Crippen LogP contribution in [-0.2, 0) is 15.3 Å². The molecule has 0 radical (unpaired) electrons. The van der Waals surface area contributed by atoms with Crippen LogP contribution in [0.15, 0.2) is 65.8 Å². The summed E-state index contributed by atoms with van der Waals surface area (Å²) in [5.74, 6) is -1.63. The smallest absolute Gasteiger partial charge is 0.286 e. The molecule has 106 valence electrons. The minimum Gasteiger partial charge on any atom is -0.286 e. The fourth-order valence-corrected chi connectivity index (χ4v) is 2.79. The maximum absolute atomic E-state index is 12.3. The number of thioether (sulfide) groups is 1. The largest absolute Gasteiger partial charge is 0.302 e. The number of rotatable bonds is 5. The molecule has 0 aliphatic heterocycles. The van der Waals surface area contributed by atoms with Gasteiger partial charge in [0.25, 0.3) is 0 Å². The van der Waals surface area contributed by atoms with Gasteiger partial charge in [-0.3, -0.25) is 9.59 Å². The second kappa shape index (κ2) is 7.50. The molecule has 0 bridgehead atoms. The minimum absolute atomic E-state index is 0.366. The number of carbonyl (C=O) groups excluding carboxylic acids is 2. The lowest BCUT2D eigenvalue weighted by atomic mass is 10.0. The van der Waals surface area contributed by atoms with Crippen molar-refractivity contribution in [3.8, 4) is 0 Å². The van der Waals surface area contributed by atoms with Crippen molar-refractivity contribution in [1.82, 2.24) is 0 Å². The Hall–Kier alpha value is -2.27. The van der Waals surface area contributed by atoms with E-state index in [4.69, 9.17) is 0 Å². The van der Waals surface area contributed by atoms with Crippen molar-refractivity contribution in [3.05, 3.63) is 76.7 Å². The third-order valence-electron chi connectivity index (χ3n) is 2.93. The second-order valence-corrected chi connectivity index (χ2v) is 5.35. The molecule has 0 aromatic heterocycles. The first-order chi connectivity index (χ1) is 10.2. The molecule has 0 aliphatic carbocycles. The molecule has 0 saturated heterocycles. The van der Waals surface area contributed by atoms with E-state index >= 15 is 0 Å². The van der Waals surface area contributed by atoms with Crippen LogP contribution in [0.2, 0.25) is 0 Å². The Morgan fingerprint density at radius 2 is 1.52 bits per heavy atom. The van der Waals surface area contributed by atoms with Gasteiger partial charge in [0.05, 0.1) is 0 Å². The average Bonchev–Trinajstić information content (AvgIpc) is 2.55. The van der Waals surface area contributed by atoms with Crippen LogP contribution in [0.4, 0.5) is 0 Å². The lowest BCUT2D eigenvalue weighted by Gasteiger charge is -2.10. The zero-order valence-corrected chi connectivity index (χ0v) is 12.0. The van der Waals surface area contributed by atoms with Gasteiger partial charge in [0.15, 0.2) is 0 Å². The summed E-state index contributed by atoms with van der Waals surface area (Å²) in [4.78, 5) is 34.4. The summed E-state index contributed by atoms with van der Waals surface area (Å²) in [5.41, 5.74) is 1.47. The molecule has 0 spiro atoms. The fourth-order valence-electron chi connectivity index (χ4n) is 1.89. The summed E-state index contributed by atoms with van der Waals surface area (Å²) in [5, 5.41) is 2.05. The highest BCUT2D eigenvalue weighted by Gasteiger charge is 2.29. The molecular weight excluding hydrogens is 286 g/mol. The molecule has 2 rings (SSSR count). The van der Waals surface area contributed by atoms with E-state index in [1.54, 1.807) is 30.3 Å². The van der Waals surface area contributed by atoms with Gasteiger partial charge in [0.1, 0.15) is 5.92 Å². The number of nitroso groups, excluding NO2 is 1. The van der Waals surface area contributed by atoms with Crippen molar-refractivity contribution in [2.45, 2.75) is 11.7 Å². The van der Waals surface area contributed by atoms with Crippen LogP contribution in [0.3, 0.4) is 0 Å². The monoisotopic (exact) mass is 299 g/mol. The normalized spacial score (nSPS) is 11.6. The van der Waals surface area contributed by atoms with E-state index in [0.717, 1.165) is 17.3 Å². The SMILES string of the molecule is O=NC(=O)C(C(=O)SCc1ccccc1)c1ccccc1. The minimum atomic E-state index is -1.13. The first-order valence-electron chi connectivity index (χ1n) is 6.35. The van der Waals surface area contributed by atoms with Crippen molar-refractivity contribution in [2.24, 2.45) is 5.18 Å². The van der Waals surface area contributed by atoms with Gasteiger partial charge in [0.2, 0.25) is 5.12 Å². The standard InChI is InChI=1S/C16H13NO3S/c18-15(17-20)14(13-9-5-2-6-10-13)16(19)21-11-12-7-3-1-4-8-12/h1-10,14H,11H2. The van der Waals surface area contributed by atoms with Crippen LogP contribution < -0.4 is 0 Å². The zero-order chi connectivity index (χ0) is 15.1. The number of hydrogen-bond acceptors (Lipinski definition) is 4. The highest BCUT2D eigenvalue weighted by atomic mass is 32.2. The van der Waals surface area contributed by atoms with Gasteiger partial charge >= 0.3 is 5.91 Å². The van der Waals surface area contributed by atoms with E-state index < -0.39 is 11.8 Å². The van der Waals surface area contributed by atoms with Crippen LogP contribution >= 0.6 is 11.8 Å². The first-order valence-corrected chi connectivity index (χ1v) is 7.33. The number of amides is 1. The summed E-state index contributed by atoms with van der Waals surface area (Å²) < 4.78 is 0. The van der Waals surface area contributed by atoms with Crippen LogP contribution in [0.25, 0.3) is 0 Å². The molecule has 5 heteroatoms. The van der Waals surface area contributed by atoms with Gasteiger partial charge in [-0.25, -0.2) is 0 Å². The lowest BCUT2D eigenvalue weighted by Crippen LogP contribution is -2.18. The van der Waals surface area contributed by atoms with Gasteiger partial charge in [-0.1, -0.05) is 72.4 Å². The van der Waals surface area contributed by atoms with Gasteiger partial charge < -0.3 is 0 Å². The molecular formula is C16H13NO3S. The Balaban J connectivity index is 2.12. The molecule has 1 amide bonds. The molecule has 21 heavy (non-hydrogen) atoms. The van der Waals surface area contributed by atoms with Crippen molar-refractivity contribution >= 4 is 22.8 Å². The molecule has 0 fully saturated rings. The van der Waals surface area contributed by atoms with E-state index in [0.29, 0.717) is 11.3 Å². The highest BCUT2D eigenvalue weighted by Crippen LogP contribution is 2.26.